The summed E-state index contributed by atoms with van der Waals surface area (Å²) in [7, 11) is 0. The summed E-state index contributed by atoms with van der Waals surface area (Å²) in [6, 6.07) is 16.7. The van der Waals surface area contributed by atoms with Crippen LogP contribution in [-0.4, -0.2) is 27.5 Å². The summed E-state index contributed by atoms with van der Waals surface area (Å²) in [5.74, 6) is -1.82. The highest BCUT2D eigenvalue weighted by Gasteiger charge is 2.62. The van der Waals surface area contributed by atoms with Crippen molar-refractivity contribution in [2.75, 3.05) is 0 Å². The highest BCUT2D eigenvalue weighted by Crippen LogP contribution is 2.56. The minimum absolute atomic E-state index is 0.0800. The molecule has 0 unspecified atom stereocenters. The van der Waals surface area contributed by atoms with Gasteiger partial charge >= 0.3 is 5.97 Å². The fourth-order valence-corrected chi connectivity index (χ4v) is 5.07. The van der Waals surface area contributed by atoms with Crippen molar-refractivity contribution >= 4 is 22.8 Å². The summed E-state index contributed by atoms with van der Waals surface area (Å²) in [5, 5.41) is 14.3. The molecular weight excluding hydrogens is 352 g/mol. The van der Waals surface area contributed by atoms with E-state index in [0.29, 0.717) is 5.56 Å². The minimum atomic E-state index is -1.36. The van der Waals surface area contributed by atoms with E-state index in [2.05, 4.69) is 16.4 Å². The quantitative estimate of drug-likeness (QED) is 0.611. The molecule has 3 aromatic rings. The lowest BCUT2D eigenvalue weighted by Crippen LogP contribution is -2.60. The highest BCUT2D eigenvalue weighted by molar-refractivity contribution is 5.99. The van der Waals surface area contributed by atoms with E-state index in [4.69, 9.17) is 0 Å². The van der Waals surface area contributed by atoms with Gasteiger partial charge in [0, 0.05) is 34.5 Å². The number of amides is 1. The lowest BCUT2D eigenvalue weighted by Gasteiger charge is -2.39. The molecule has 1 heterocycles. The molecule has 0 aliphatic heterocycles. The number of H-pyrrole nitrogens is 1. The van der Waals surface area contributed by atoms with Gasteiger partial charge in [-0.05, 0) is 36.1 Å². The summed E-state index contributed by atoms with van der Waals surface area (Å²) in [6.45, 7) is 0. The first-order valence-electron chi connectivity index (χ1n) is 9.46. The second kappa shape index (κ2) is 6.09. The standard InChI is InChI=1S/C23H20N2O3/c26-21(14-6-2-1-3-7-14)25-23(22(27)28)16-11-10-15(12-16)20(23)18-13-24-19-9-5-4-8-17(18)19/h1-11,13,15-16,20,24H,12H2,(H,25,26)(H,27,28)/t15-,16+,20+,23+/m0/s1. The number of hydrogen-bond acceptors (Lipinski definition) is 2. The van der Waals surface area contributed by atoms with Gasteiger partial charge < -0.3 is 15.4 Å². The Morgan fingerprint density at radius 3 is 2.57 bits per heavy atom. The van der Waals surface area contributed by atoms with E-state index in [0.717, 1.165) is 22.9 Å². The first kappa shape index (κ1) is 16.8. The van der Waals surface area contributed by atoms with Crippen molar-refractivity contribution in [3.8, 4) is 0 Å². The summed E-state index contributed by atoms with van der Waals surface area (Å²) in [5.41, 5.74) is 1.02. The third-order valence-electron chi connectivity index (χ3n) is 6.29. The third kappa shape index (κ3) is 2.26. The van der Waals surface area contributed by atoms with Crippen LogP contribution in [-0.2, 0) is 4.79 Å². The van der Waals surface area contributed by atoms with E-state index in [1.807, 2.05) is 42.6 Å². The Labute approximate surface area is 162 Å². The van der Waals surface area contributed by atoms with Crippen LogP contribution in [0.1, 0.15) is 28.3 Å². The Balaban J connectivity index is 1.64. The zero-order chi connectivity index (χ0) is 19.3. The predicted molar refractivity (Wildman–Crippen MR) is 106 cm³/mol. The molecule has 0 saturated heterocycles. The number of benzene rings is 2. The number of hydrogen-bond donors (Lipinski definition) is 3. The second-order valence-corrected chi connectivity index (χ2v) is 7.65. The summed E-state index contributed by atoms with van der Waals surface area (Å²) in [6.07, 6.45) is 6.68. The van der Waals surface area contributed by atoms with Crippen molar-refractivity contribution in [1.29, 1.82) is 0 Å². The molecule has 5 rings (SSSR count). The van der Waals surface area contributed by atoms with Gasteiger partial charge in [-0.25, -0.2) is 4.79 Å². The van der Waals surface area contributed by atoms with Gasteiger partial charge in [-0.2, -0.15) is 0 Å². The molecule has 140 valence electrons. The average Bonchev–Trinajstić information content (AvgIpc) is 3.42. The Kier molecular flexibility index (Phi) is 3.66. The summed E-state index contributed by atoms with van der Waals surface area (Å²) < 4.78 is 0. The van der Waals surface area contributed by atoms with Crippen LogP contribution >= 0.6 is 0 Å². The molecule has 2 aromatic carbocycles. The third-order valence-corrected chi connectivity index (χ3v) is 6.29. The zero-order valence-corrected chi connectivity index (χ0v) is 15.1. The van der Waals surface area contributed by atoms with Gasteiger partial charge in [0.25, 0.3) is 5.91 Å². The van der Waals surface area contributed by atoms with Gasteiger partial charge in [-0.1, -0.05) is 48.6 Å². The van der Waals surface area contributed by atoms with Crippen LogP contribution in [0.4, 0.5) is 0 Å². The molecule has 28 heavy (non-hydrogen) atoms. The maximum atomic E-state index is 13.0. The molecule has 5 heteroatoms. The lowest BCUT2D eigenvalue weighted by molar-refractivity contribution is -0.146. The molecule has 3 N–H and O–H groups in total. The predicted octanol–water partition coefficient (Wildman–Crippen LogP) is 3.71. The van der Waals surface area contributed by atoms with Gasteiger partial charge in [-0.15, -0.1) is 0 Å². The largest absolute Gasteiger partial charge is 0.479 e. The van der Waals surface area contributed by atoms with Crippen molar-refractivity contribution in [2.24, 2.45) is 11.8 Å². The highest BCUT2D eigenvalue weighted by atomic mass is 16.4. The maximum absolute atomic E-state index is 13.0. The van der Waals surface area contributed by atoms with Crippen molar-refractivity contribution in [3.05, 3.63) is 84.1 Å². The number of carbonyl (C=O) groups excluding carboxylic acids is 1. The zero-order valence-electron chi connectivity index (χ0n) is 15.1. The van der Waals surface area contributed by atoms with E-state index in [1.165, 1.54) is 0 Å². The van der Waals surface area contributed by atoms with E-state index >= 15 is 0 Å². The van der Waals surface area contributed by atoms with Crippen LogP contribution in [0.25, 0.3) is 10.9 Å². The molecule has 2 bridgehead atoms. The van der Waals surface area contributed by atoms with Gasteiger partial charge in [0.15, 0.2) is 5.54 Å². The first-order valence-corrected chi connectivity index (χ1v) is 9.46. The Bertz CT molecular complexity index is 1100. The molecule has 5 nitrogen and oxygen atoms in total. The SMILES string of the molecule is O=C(N[C@]1(C(=O)O)[C@@H]2C=C[C@@H](C2)[C@@H]1c1c[nH]c2ccccc12)c1ccccc1. The number of aliphatic carboxylic acids is 1. The fraction of sp³-hybridized carbons (Fsp3) is 0.217. The molecule has 2 aliphatic carbocycles. The van der Waals surface area contributed by atoms with Crippen LogP contribution in [0.2, 0.25) is 0 Å². The number of aromatic amines is 1. The molecule has 1 fully saturated rings. The van der Waals surface area contributed by atoms with Crippen LogP contribution in [0.3, 0.4) is 0 Å². The number of aromatic nitrogens is 1. The van der Waals surface area contributed by atoms with Gasteiger partial charge in [0.05, 0.1) is 0 Å². The lowest BCUT2D eigenvalue weighted by atomic mass is 9.72. The number of para-hydroxylation sites is 1. The molecule has 2 aliphatic rings. The Morgan fingerprint density at radius 2 is 1.79 bits per heavy atom. The molecule has 1 aromatic heterocycles. The van der Waals surface area contributed by atoms with E-state index < -0.39 is 11.5 Å². The normalized spacial score (nSPS) is 27.9. The molecule has 0 spiro atoms. The molecule has 4 atom stereocenters. The van der Waals surface area contributed by atoms with Crippen LogP contribution in [0.15, 0.2) is 72.9 Å². The maximum Gasteiger partial charge on any atom is 0.330 e. The number of rotatable bonds is 4. The smallest absolute Gasteiger partial charge is 0.330 e. The fourth-order valence-electron chi connectivity index (χ4n) is 5.07. The summed E-state index contributed by atoms with van der Waals surface area (Å²) >= 11 is 0. The Morgan fingerprint density at radius 1 is 1.04 bits per heavy atom. The Hall–Kier alpha value is -3.34. The molecule has 0 radical (unpaired) electrons. The number of allylic oxidation sites excluding steroid dienone is 1. The second-order valence-electron chi connectivity index (χ2n) is 7.65. The number of fused-ring (bicyclic) bond motifs is 3. The minimum Gasteiger partial charge on any atom is -0.479 e. The van der Waals surface area contributed by atoms with E-state index in [-0.39, 0.29) is 23.7 Å². The number of carboxylic acid groups (broad SMARTS) is 1. The molecule has 1 saturated carbocycles. The number of carboxylic acids is 1. The number of nitrogens with one attached hydrogen (secondary N) is 2. The molecule has 1 amide bonds. The van der Waals surface area contributed by atoms with E-state index in [9.17, 15) is 14.7 Å². The first-order chi connectivity index (χ1) is 13.6. The van der Waals surface area contributed by atoms with Crippen LogP contribution < -0.4 is 5.32 Å². The van der Waals surface area contributed by atoms with Crippen molar-refractivity contribution in [2.45, 2.75) is 17.9 Å². The van der Waals surface area contributed by atoms with Gasteiger partial charge in [-0.3, -0.25) is 4.79 Å². The van der Waals surface area contributed by atoms with Gasteiger partial charge in [0.1, 0.15) is 0 Å². The average molecular weight is 372 g/mol. The molecular formula is C23H20N2O3. The number of carbonyl (C=O) groups is 2. The van der Waals surface area contributed by atoms with E-state index in [1.54, 1.807) is 24.3 Å². The van der Waals surface area contributed by atoms with Crippen LogP contribution in [0.5, 0.6) is 0 Å². The topological polar surface area (TPSA) is 82.2 Å². The monoisotopic (exact) mass is 372 g/mol. The van der Waals surface area contributed by atoms with Crippen molar-refractivity contribution in [1.82, 2.24) is 10.3 Å². The van der Waals surface area contributed by atoms with Gasteiger partial charge in [0.2, 0.25) is 0 Å². The van der Waals surface area contributed by atoms with Crippen molar-refractivity contribution in [3.63, 3.8) is 0 Å². The van der Waals surface area contributed by atoms with Crippen LogP contribution in [0, 0.1) is 11.8 Å². The van der Waals surface area contributed by atoms with Crippen molar-refractivity contribution < 1.29 is 14.7 Å². The summed E-state index contributed by atoms with van der Waals surface area (Å²) in [4.78, 5) is 28.9.